The molecule has 1 aliphatic heterocycles. The average Bonchev–Trinajstić information content (AvgIpc) is 3.32. The Hall–Kier alpha value is -2.57. The molecule has 1 fully saturated rings. The Labute approximate surface area is 184 Å². The van der Waals surface area contributed by atoms with Crippen LogP contribution in [0.2, 0.25) is 0 Å². The molecule has 0 saturated heterocycles. The van der Waals surface area contributed by atoms with E-state index in [1.54, 1.807) is 0 Å². The van der Waals surface area contributed by atoms with E-state index in [0.29, 0.717) is 11.9 Å². The van der Waals surface area contributed by atoms with Crippen molar-refractivity contribution in [1.29, 1.82) is 5.26 Å². The predicted molar refractivity (Wildman–Crippen MR) is 122 cm³/mol. The second-order valence-corrected chi connectivity index (χ2v) is 9.68. The number of carbonyl (C=O) groups excluding carboxylic acids is 1. The van der Waals surface area contributed by atoms with Crippen LogP contribution in [0.25, 0.3) is 0 Å². The number of anilines is 3. The van der Waals surface area contributed by atoms with Crippen LogP contribution in [0, 0.1) is 11.3 Å². The van der Waals surface area contributed by atoms with Crippen LogP contribution in [0.5, 0.6) is 0 Å². The third-order valence-electron chi connectivity index (χ3n) is 5.52. The van der Waals surface area contributed by atoms with Gasteiger partial charge in [-0.3, -0.25) is 4.79 Å². The van der Waals surface area contributed by atoms with E-state index < -0.39 is 0 Å². The number of rotatable bonds is 6. The molecule has 1 aromatic heterocycles. The molecule has 2 aromatic rings. The van der Waals surface area contributed by atoms with Crippen LogP contribution < -0.4 is 15.1 Å². The Kier molecular flexibility index (Phi) is 6.25. The molecular weight excluding hydrogens is 416 g/mol. The molecule has 1 N–H and O–H groups in total. The highest BCUT2D eigenvalue weighted by atomic mass is 32.2. The Balaban J connectivity index is 1.42. The molecule has 4 rings (SSSR count). The van der Waals surface area contributed by atoms with Crippen molar-refractivity contribution in [3.05, 3.63) is 35.7 Å². The molecule has 9 heteroatoms. The fraction of sp³-hybridized carbons (Fsp3) is 0.429. The van der Waals surface area contributed by atoms with Gasteiger partial charge in [0.05, 0.1) is 17.1 Å². The smallest absolute Gasteiger partial charge is 0.206 e. The third-order valence-corrected chi connectivity index (χ3v) is 7.51. The molecule has 2 heterocycles. The second kappa shape index (κ2) is 9.06. The first-order valence-corrected chi connectivity index (χ1v) is 11.9. The number of ketones is 1. The highest BCUT2D eigenvalue weighted by Crippen LogP contribution is 2.40. The summed E-state index contributed by atoms with van der Waals surface area (Å²) in [5.41, 5.74) is 2.12. The van der Waals surface area contributed by atoms with Gasteiger partial charge in [0.2, 0.25) is 5.13 Å². The number of benzene rings is 1. The first-order valence-electron chi connectivity index (χ1n) is 10.1. The zero-order valence-corrected chi connectivity index (χ0v) is 18.7. The number of hydrogen-bond acceptors (Lipinski definition) is 9. The van der Waals surface area contributed by atoms with E-state index in [-0.39, 0.29) is 17.1 Å². The van der Waals surface area contributed by atoms with Crippen LogP contribution in [0.1, 0.15) is 32.1 Å². The lowest BCUT2D eigenvalue weighted by molar-refractivity contribution is -0.112. The number of nitrogens with one attached hydrogen (secondary N) is 1. The fourth-order valence-electron chi connectivity index (χ4n) is 4.00. The molecule has 30 heavy (non-hydrogen) atoms. The van der Waals surface area contributed by atoms with Crippen molar-refractivity contribution in [1.82, 2.24) is 10.2 Å². The molecule has 2 aliphatic rings. The highest BCUT2D eigenvalue weighted by molar-refractivity contribution is 8.01. The van der Waals surface area contributed by atoms with Crippen molar-refractivity contribution in [2.24, 2.45) is 0 Å². The van der Waals surface area contributed by atoms with E-state index in [1.807, 2.05) is 48.2 Å². The number of aromatic nitrogens is 2. The van der Waals surface area contributed by atoms with Crippen molar-refractivity contribution in [3.63, 3.8) is 0 Å². The monoisotopic (exact) mass is 440 g/mol. The normalized spacial score (nSPS) is 16.4. The zero-order valence-electron chi connectivity index (χ0n) is 17.1. The van der Waals surface area contributed by atoms with Crippen molar-refractivity contribution < 1.29 is 4.79 Å². The van der Waals surface area contributed by atoms with Crippen molar-refractivity contribution in [2.75, 3.05) is 35.0 Å². The maximum absolute atomic E-state index is 12.9. The summed E-state index contributed by atoms with van der Waals surface area (Å²) in [4.78, 5) is 16.7. The van der Waals surface area contributed by atoms with Gasteiger partial charge in [-0.05, 0) is 25.0 Å². The van der Waals surface area contributed by atoms with Gasteiger partial charge in [0.1, 0.15) is 17.5 Å². The molecule has 1 aromatic carbocycles. The standard InChI is InChI=1S/C21H24N6OS2/c1-26-16-10-6-7-11-17(16)27(2)19(26)15(12-22)18(28)13-29-21-25-24-20(30-21)23-14-8-4-3-5-9-14/h6-7,10-11,14H,3-5,8-9,13H2,1-2H3,(H,23,24). The fourth-order valence-corrected chi connectivity index (χ4v) is 5.71. The van der Waals surface area contributed by atoms with Gasteiger partial charge < -0.3 is 15.1 Å². The van der Waals surface area contributed by atoms with E-state index in [0.717, 1.165) is 20.8 Å². The summed E-state index contributed by atoms with van der Waals surface area (Å²) >= 11 is 2.80. The predicted octanol–water partition coefficient (Wildman–Crippen LogP) is 4.27. The SMILES string of the molecule is CN1C(=C(C#N)C(=O)CSc2nnc(NC3CCCCC3)s2)N(C)c2ccccc21. The van der Waals surface area contributed by atoms with Gasteiger partial charge in [-0.2, -0.15) is 5.26 Å². The first-order chi connectivity index (χ1) is 14.6. The number of hydrogen-bond donors (Lipinski definition) is 1. The largest absolute Gasteiger partial charge is 0.357 e. The number of allylic oxidation sites excluding steroid dienone is 1. The van der Waals surface area contributed by atoms with Gasteiger partial charge in [-0.25, -0.2) is 0 Å². The molecule has 7 nitrogen and oxygen atoms in total. The van der Waals surface area contributed by atoms with Crippen molar-refractivity contribution >= 4 is 45.4 Å². The van der Waals surface area contributed by atoms with Gasteiger partial charge in [0.25, 0.3) is 0 Å². The van der Waals surface area contributed by atoms with Crippen LogP contribution in [-0.2, 0) is 4.79 Å². The van der Waals surface area contributed by atoms with Gasteiger partial charge in [0.15, 0.2) is 10.1 Å². The van der Waals surface area contributed by atoms with E-state index in [9.17, 15) is 10.1 Å². The summed E-state index contributed by atoms with van der Waals surface area (Å²) in [6.07, 6.45) is 6.16. The highest BCUT2D eigenvalue weighted by Gasteiger charge is 2.31. The summed E-state index contributed by atoms with van der Waals surface area (Å²) in [6, 6.07) is 10.5. The maximum Gasteiger partial charge on any atom is 0.206 e. The molecule has 0 spiro atoms. The topological polar surface area (TPSA) is 85.1 Å². The summed E-state index contributed by atoms with van der Waals surface area (Å²) in [6.45, 7) is 0. The van der Waals surface area contributed by atoms with E-state index in [4.69, 9.17) is 0 Å². The third kappa shape index (κ3) is 4.16. The average molecular weight is 441 g/mol. The minimum Gasteiger partial charge on any atom is -0.357 e. The minimum absolute atomic E-state index is 0.155. The molecule has 0 unspecified atom stereocenters. The van der Waals surface area contributed by atoms with Gasteiger partial charge >= 0.3 is 0 Å². The Morgan fingerprint density at radius 1 is 1.20 bits per heavy atom. The lowest BCUT2D eigenvalue weighted by Crippen LogP contribution is -2.26. The lowest BCUT2D eigenvalue weighted by Gasteiger charge is -2.21. The van der Waals surface area contributed by atoms with Crippen molar-refractivity contribution in [3.8, 4) is 6.07 Å². The molecule has 1 saturated carbocycles. The molecule has 0 amide bonds. The number of nitrogens with zero attached hydrogens (tertiary/aromatic N) is 5. The molecular formula is C21H24N6OS2. The van der Waals surface area contributed by atoms with Crippen LogP contribution in [-0.4, -0.2) is 41.9 Å². The summed E-state index contributed by atoms with van der Waals surface area (Å²) < 4.78 is 0.736. The molecule has 1 aliphatic carbocycles. The summed E-state index contributed by atoms with van der Waals surface area (Å²) in [5.74, 6) is 0.560. The Morgan fingerprint density at radius 3 is 2.50 bits per heavy atom. The van der Waals surface area contributed by atoms with Crippen LogP contribution >= 0.6 is 23.1 Å². The molecule has 0 atom stereocenters. The maximum atomic E-state index is 12.9. The number of Topliss-reactive ketones (excluding diaryl/α,β-unsaturated/α-hetero) is 1. The van der Waals surface area contributed by atoms with E-state index in [2.05, 4.69) is 21.6 Å². The lowest BCUT2D eigenvalue weighted by atomic mass is 9.96. The van der Waals surface area contributed by atoms with Crippen LogP contribution in [0.15, 0.2) is 40.0 Å². The summed E-state index contributed by atoms with van der Waals surface area (Å²) in [7, 11) is 3.76. The van der Waals surface area contributed by atoms with Gasteiger partial charge in [-0.1, -0.05) is 54.5 Å². The first kappa shape index (κ1) is 20.7. The number of para-hydroxylation sites is 2. The summed E-state index contributed by atoms with van der Waals surface area (Å²) in [5, 5.41) is 22.4. The van der Waals surface area contributed by atoms with Gasteiger partial charge in [0, 0.05) is 20.1 Å². The van der Waals surface area contributed by atoms with E-state index >= 15 is 0 Å². The second-order valence-electron chi connectivity index (χ2n) is 7.48. The van der Waals surface area contributed by atoms with Crippen LogP contribution in [0.3, 0.4) is 0 Å². The Morgan fingerprint density at radius 2 is 1.87 bits per heavy atom. The number of carbonyl (C=O) groups is 1. The van der Waals surface area contributed by atoms with Crippen molar-refractivity contribution in [2.45, 2.75) is 42.5 Å². The van der Waals surface area contributed by atoms with E-state index in [1.165, 1.54) is 55.2 Å². The number of thioether (sulfide) groups is 1. The minimum atomic E-state index is -0.207. The molecule has 0 bridgehead atoms. The van der Waals surface area contributed by atoms with Crippen LogP contribution in [0.4, 0.5) is 16.5 Å². The number of nitriles is 1. The van der Waals surface area contributed by atoms with Gasteiger partial charge in [-0.15, -0.1) is 10.2 Å². The zero-order chi connectivity index (χ0) is 21.1. The molecule has 0 radical (unpaired) electrons. The quantitative estimate of drug-likeness (QED) is 0.405. The molecule has 156 valence electrons. The number of fused-ring (bicyclic) bond motifs is 1. The Bertz CT molecular complexity index is 974.